The van der Waals surface area contributed by atoms with Gasteiger partial charge >= 0.3 is 5.97 Å². The van der Waals surface area contributed by atoms with E-state index in [1.54, 1.807) is 54.6 Å². The van der Waals surface area contributed by atoms with Crippen LogP contribution in [0.1, 0.15) is 26.4 Å². The maximum Gasteiger partial charge on any atom is 0.359 e. The molecule has 9 heteroatoms. The fourth-order valence-corrected chi connectivity index (χ4v) is 3.57. The summed E-state index contributed by atoms with van der Waals surface area (Å²) in [5.41, 5.74) is 0.411. The standard InChI is InChI=1S/C25H18ClN3O5/c1-29-24(32)18-10-6-5-9-17(18)22(28-29)25(33)34-14-21(30)27-20-12-11-16(26)13-19(20)23(31)15-7-3-2-4-8-15/h2-13H,14H2,1H3,(H,27,30). The molecule has 0 radical (unpaired) electrons. The Morgan fingerprint density at radius 2 is 1.65 bits per heavy atom. The number of ketones is 1. The van der Waals surface area contributed by atoms with E-state index in [-0.39, 0.29) is 28.3 Å². The first kappa shape index (κ1) is 22.9. The Balaban J connectivity index is 1.51. The van der Waals surface area contributed by atoms with Gasteiger partial charge in [0.25, 0.3) is 11.5 Å². The average molecular weight is 476 g/mol. The molecule has 0 unspecified atom stereocenters. The van der Waals surface area contributed by atoms with Crippen molar-refractivity contribution < 1.29 is 19.1 Å². The molecular formula is C25H18ClN3O5. The monoisotopic (exact) mass is 475 g/mol. The summed E-state index contributed by atoms with van der Waals surface area (Å²) >= 11 is 6.06. The van der Waals surface area contributed by atoms with E-state index >= 15 is 0 Å². The number of fused-ring (bicyclic) bond motifs is 1. The molecule has 4 rings (SSSR count). The first-order chi connectivity index (χ1) is 16.3. The third-order valence-electron chi connectivity index (χ3n) is 5.02. The van der Waals surface area contributed by atoms with Crippen LogP contribution in [-0.2, 0) is 16.6 Å². The molecular weight excluding hydrogens is 458 g/mol. The molecule has 8 nitrogen and oxygen atoms in total. The molecule has 1 heterocycles. The third kappa shape index (κ3) is 4.72. The summed E-state index contributed by atoms with van der Waals surface area (Å²) in [6.45, 7) is -0.626. The number of halogens is 1. The topological polar surface area (TPSA) is 107 Å². The van der Waals surface area contributed by atoms with Crippen LogP contribution in [0.25, 0.3) is 10.8 Å². The van der Waals surface area contributed by atoms with Crippen molar-refractivity contribution in [1.82, 2.24) is 9.78 Å². The zero-order valence-corrected chi connectivity index (χ0v) is 18.7. The molecule has 0 fully saturated rings. The SMILES string of the molecule is Cn1nc(C(=O)OCC(=O)Nc2ccc(Cl)cc2C(=O)c2ccccc2)c2ccccc2c1=O. The van der Waals surface area contributed by atoms with E-state index in [1.165, 1.54) is 25.2 Å². The Hall–Kier alpha value is -4.30. The fourth-order valence-electron chi connectivity index (χ4n) is 3.39. The van der Waals surface area contributed by atoms with Crippen LogP contribution in [0.4, 0.5) is 5.69 Å². The molecule has 0 aliphatic carbocycles. The van der Waals surface area contributed by atoms with E-state index in [4.69, 9.17) is 16.3 Å². The van der Waals surface area contributed by atoms with Gasteiger partial charge in [-0.05, 0) is 24.3 Å². The van der Waals surface area contributed by atoms with Crippen molar-refractivity contribution in [1.29, 1.82) is 0 Å². The van der Waals surface area contributed by atoms with Gasteiger partial charge in [-0.1, -0.05) is 60.1 Å². The highest BCUT2D eigenvalue weighted by atomic mass is 35.5. The molecule has 0 bridgehead atoms. The molecule has 0 aliphatic heterocycles. The molecule has 1 aromatic heterocycles. The van der Waals surface area contributed by atoms with Gasteiger partial charge in [-0.15, -0.1) is 0 Å². The number of hydrogen-bond donors (Lipinski definition) is 1. The summed E-state index contributed by atoms with van der Waals surface area (Å²) in [5, 5.41) is 7.52. The van der Waals surface area contributed by atoms with Crippen molar-refractivity contribution in [2.24, 2.45) is 7.05 Å². The zero-order chi connectivity index (χ0) is 24.2. The van der Waals surface area contributed by atoms with Crippen molar-refractivity contribution in [2.75, 3.05) is 11.9 Å². The Morgan fingerprint density at radius 3 is 2.38 bits per heavy atom. The number of nitrogens with one attached hydrogen (secondary N) is 1. The molecule has 34 heavy (non-hydrogen) atoms. The number of carbonyl (C=O) groups is 3. The van der Waals surface area contributed by atoms with Crippen LogP contribution in [0.15, 0.2) is 77.6 Å². The second kappa shape index (κ2) is 9.68. The van der Waals surface area contributed by atoms with Gasteiger partial charge in [-0.25, -0.2) is 9.48 Å². The Labute approximate surface area is 198 Å². The van der Waals surface area contributed by atoms with E-state index < -0.39 is 18.5 Å². The lowest BCUT2D eigenvalue weighted by molar-refractivity contribution is -0.119. The van der Waals surface area contributed by atoms with Gasteiger partial charge in [0.15, 0.2) is 18.1 Å². The van der Waals surface area contributed by atoms with Gasteiger partial charge < -0.3 is 10.1 Å². The minimum Gasteiger partial charge on any atom is -0.451 e. The highest BCUT2D eigenvalue weighted by Crippen LogP contribution is 2.24. The molecule has 1 amide bonds. The number of rotatable bonds is 6. The number of ether oxygens (including phenoxy) is 1. The summed E-state index contributed by atoms with van der Waals surface area (Å²) in [6, 6.07) is 19.5. The molecule has 0 saturated heterocycles. The molecule has 4 aromatic rings. The Morgan fingerprint density at radius 1 is 0.971 bits per heavy atom. The number of esters is 1. The van der Waals surface area contributed by atoms with Crippen molar-refractivity contribution >= 4 is 45.7 Å². The second-order valence-corrected chi connectivity index (χ2v) is 7.77. The van der Waals surface area contributed by atoms with Crippen molar-refractivity contribution in [3.05, 3.63) is 105 Å². The molecule has 170 valence electrons. The largest absolute Gasteiger partial charge is 0.451 e. The number of anilines is 1. The van der Waals surface area contributed by atoms with E-state index in [0.29, 0.717) is 21.4 Å². The number of amides is 1. The molecule has 1 N–H and O–H groups in total. The quantitative estimate of drug-likeness (QED) is 0.337. The van der Waals surface area contributed by atoms with Crippen molar-refractivity contribution in [2.45, 2.75) is 0 Å². The van der Waals surface area contributed by atoms with E-state index in [0.717, 1.165) is 4.68 Å². The summed E-state index contributed by atoms with van der Waals surface area (Å²) in [6.07, 6.45) is 0. The number of aryl methyl sites for hydroxylation is 1. The summed E-state index contributed by atoms with van der Waals surface area (Å²) in [4.78, 5) is 50.3. The Bertz CT molecular complexity index is 1480. The lowest BCUT2D eigenvalue weighted by Gasteiger charge is -2.12. The number of carbonyl (C=O) groups excluding carboxylic acids is 3. The van der Waals surface area contributed by atoms with Gasteiger partial charge in [0.1, 0.15) is 0 Å². The lowest BCUT2D eigenvalue weighted by Crippen LogP contribution is -2.26. The van der Waals surface area contributed by atoms with E-state index in [9.17, 15) is 19.2 Å². The van der Waals surface area contributed by atoms with Crippen LogP contribution in [-0.4, -0.2) is 34.0 Å². The highest BCUT2D eigenvalue weighted by molar-refractivity contribution is 6.31. The normalized spacial score (nSPS) is 10.6. The third-order valence-corrected chi connectivity index (χ3v) is 5.26. The van der Waals surface area contributed by atoms with Crippen molar-refractivity contribution in [3.63, 3.8) is 0 Å². The molecule has 0 saturated carbocycles. The molecule has 0 atom stereocenters. The van der Waals surface area contributed by atoms with Crippen LogP contribution < -0.4 is 10.9 Å². The first-order valence-corrected chi connectivity index (χ1v) is 10.6. The van der Waals surface area contributed by atoms with Gasteiger partial charge in [0.05, 0.1) is 11.1 Å². The zero-order valence-electron chi connectivity index (χ0n) is 17.9. The van der Waals surface area contributed by atoms with E-state index in [2.05, 4.69) is 10.4 Å². The second-order valence-electron chi connectivity index (χ2n) is 7.33. The molecule has 3 aromatic carbocycles. The number of aromatic nitrogens is 2. The van der Waals surface area contributed by atoms with Crippen LogP contribution >= 0.6 is 11.6 Å². The smallest absolute Gasteiger partial charge is 0.359 e. The summed E-state index contributed by atoms with van der Waals surface area (Å²) in [7, 11) is 1.42. The minimum absolute atomic E-state index is 0.0862. The number of benzene rings is 3. The summed E-state index contributed by atoms with van der Waals surface area (Å²) in [5.74, 6) is -1.85. The highest BCUT2D eigenvalue weighted by Gasteiger charge is 2.20. The van der Waals surface area contributed by atoms with Crippen molar-refractivity contribution in [3.8, 4) is 0 Å². The molecule has 0 aliphatic rings. The number of hydrogen-bond acceptors (Lipinski definition) is 6. The molecule has 0 spiro atoms. The minimum atomic E-state index is -0.862. The van der Waals surface area contributed by atoms with Crippen LogP contribution in [0.5, 0.6) is 0 Å². The van der Waals surface area contributed by atoms with Crippen LogP contribution in [0.2, 0.25) is 5.02 Å². The van der Waals surface area contributed by atoms with E-state index in [1.807, 2.05) is 0 Å². The predicted molar refractivity (Wildman–Crippen MR) is 127 cm³/mol. The van der Waals surface area contributed by atoms with Crippen LogP contribution in [0, 0.1) is 0 Å². The van der Waals surface area contributed by atoms with Gasteiger partial charge in [0, 0.05) is 28.6 Å². The Kier molecular flexibility index (Phi) is 6.51. The van der Waals surface area contributed by atoms with Gasteiger partial charge in [-0.3, -0.25) is 14.4 Å². The first-order valence-electron chi connectivity index (χ1n) is 10.2. The van der Waals surface area contributed by atoms with Gasteiger partial charge in [-0.2, -0.15) is 5.10 Å². The predicted octanol–water partition coefficient (Wildman–Crippen LogP) is 3.61. The van der Waals surface area contributed by atoms with Crippen LogP contribution in [0.3, 0.4) is 0 Å². The number of nitrogens with zero attached hydrogens (tertiary/aromatic N) is 2. The fraction of sp³-hybridized carbons (Fsp3) is 0.0800. The van der Waals surface area contributed by atoms with Gasteiger partial charge in [0.2, 0.25) is 0 Å². The maximum absolute atomic E-state index is 12.9. The summed E-state index contributed by atoms with van der Waals surface area (Å²) < 4.78 is 6.17. The lowest BCUT2D eigenvalue weighted by atomic mass is 10.0. The maximum atomic E-state index is 12.9. The average Bonchev–Trinajstić information content (AvgIpc) is 2.86.